The van der Waals surface area contributed by atoms with Gasteiger partial charge in [0.25, 0.3) is 0 Å². The van der Waals surface area contributed by atoms with Gasteiger partial charge < -0.3 is 9.64 Å². The molecule has 0 saturated heterocycles. The van der Waals surface area contributed by atoms with Crippen molar-refractivity contribution in [2.45, 2.75) is 91.5 Å². The molecule has 162 valence electrons. The molecule has 0 bridgehead atoms. The van der Waals surface area contributed by atoms with Gasteiger partial charge in [-0.1, -0.05) is 26.3 Å². The molecule has 0 radical (unpaired) electrons. The van der Waals surface area contributed by atoms with E-state index >= 15 is 0 Å². The van der Waals surface area contributed by atoms with E-state index in [1.165, 1.54) is 52.1 Å². The minimum absolute atomic E-state index is 0.0640. The van der Waals surface area contributed by atoms with E-state index in [1.54, 1.807) is 18.7 Å². The normalized spacial score (nSPS) is 42.0. The molecule has 3 saturated carbocycles. The van der Waals surface area contributed by atoms with Crippen molar-refractivity contribution < 1.29 is 14.3 Å². The maximum absolute atomic E-state index is 12.4. The molecule has 4 aliphatic rings. The van der Waals surface area contributed by atoms with Gasteiger partial charge >= 0.3 is 5.97 Å². The number of ether oxygens (including phenoxy) is 1. The molecule has 1 amide bonds. The summed E-state index contributed by atoms with van der Waals surface area (Å²) in [6.07, 6.45) is 13.9. The van der Waals surface area contributed by atoms with E-state index in [0.717, 1.165) is 36.3 Å². The number of allylic oxidation sites excluding steroid dienone is 2. The molecule has 7 atom stereocenters. The maximum atomic E-state index is 12.4. The van der Waals surface area contributed by atoms with Crippen LogP contribution in [0.15, 0.2) is 11.8 Å². The minimum atomic E-state index is -0.557. The zero-order chi connectivity index (χ0) is 21.0. The Kier molecular flexibility index (Phi) is 5.36. The molecule has 0 heterocycles. The first kappa shape index (κ1) is 20.9. The number of carbonyl (C=O) groups excluding carboxylic acids is 2. The van der Waals surface area contributed by atoms with Gasteiger partial charge in [0, 0.05) is 12.6 Å². The Morgan fingerprint density at radius 2 is 1.90 bits per heavy atom. The molecule has 4 aliphatic carbocycles. The second-order valence-electron chi connectivity index (χ2n) is 10.9. The van der Waals surface area contributed by atoms with Crippen molar-refractivity contribution in [3.05, 3.63) is 11.8 Å². The lowest BCUT2D eigenvalue weighted by molar-refractivity contribution is -0.150. The molecule has 29 heavy (non-hydrogen) atoms. The van der Waals surface area contributed by atoms with Gasteiger partial charge in [0.15, 0.2) is 0 Å². The molecule has 0 spiro atoms. The topological polar surface area (TPSA) is 46.6 Å². The van der Waals surface area contributed by atoms with Crippen molar-refractivity contribution in [3.8, 4) is 0 Å². The highest BCUT2D eigenvalue weighted by molar-refractivity contribution is 5.84. The van der Waals surface area contributed by atoms with Crippen molar-refractivity contribution >= 4 is 11.9 Å². The number of hydrogen-bond acceptors (Lipinski definition) is 3. The van der Waals surface area contributed by atoms with Crippen LogP contribution >= 0.6 is 0 Å². The molecule has 4 heteroatoms. The SMILES string of the molecule is COC(=O)C(C)N(C(C)=O)C1=CC[C@@]2(C)C(CC[C@H]3[C@@H]4CCC[C@@]4(C)CC[C@@H]32)C1. The lowest BCUT2D eigenvalue weighted by Crippen LogP contribution is -2.52. The highest BCUT2D eigenvalue weighted by Crippen LogP contribution is 2.66. The van der Waals surface area contributed by atoms with Crippen LogP contribution in [0.3, 0.4) is 0 Å². The highest BCUT2D eigenvalue weighted by Gasteiger charge is 2.57. The Hall–Kier alpha value is -1.32. The van der Waals surface area contributed by atoms with Gasteiger partial charge in [0.2, 0.25) is 5.91 Å². The summed E-state index contributed by atoms with van der Waals surface area (Å²) in [5.74, 6) is 2.85. The van der Waals surface area contributed by atoms with Crippen molar-refractivity contribution in [2.24, 2.45) is 34.5 Å². The zero-order valence-electron chi connectivity index (χ0n) is 19.0. The third-order valence-electron chi connectivity index (χ3n) is 9.66. The Labute approximate surface area is 176 Å². The van der Waals surface area contributed by atoms with Crippen molar-refractivity contribution in [1.82, 2.24) is 4.90 Å². The van der Waals surface area contributed by atoms with Crippen LogP contribution in [0.5, 0.6) is 0 Å². The summed E-state index contributed by atoms with van der Waals surface area (Å²) in [6, 6.07) is -0.557. The van der Waals surface area contributed by atoms with E-state index in [0.29, 0.717) is 16.7 Å². The van der Waals surface area contributed by atoms with Crippen LogP contribution in [0.2, 0.25) is 0 Å². The highest BCUT2D eigenvalue weighted by atomic mass is 16.5. The summed E-state index contributed by atoms with van der Waals surface area (Å²) in [5, 5.41) is 0. The zero-order valence-corrected chi connectivity index (χ0v) is 19.0. The Morgan fingerprint density at radius 1 is 1.14 bits per heavy atom. The maximum Gasteiger partial charge on any atom is 0.328 e. The molecule has 0 aromatic rings. The van der Waals surface area contributed by atoms with Crippen molar-refractivity contribution in [2.75, 3.05) is 7.11 Å². The lowest BCUT2D eigenvalue weighted by atomic mass is 9.46. The standard InChI is InChI=1S/C25H39NO3/c1-16(23(28)29-5)26(17(2)27)19-10-14-25(4)18(15-19)8-9-20-21-7-6-12-24(21,3)13-11-22(20)25/h10,16,18,20-22H,6-9,11-15H2,1-5H3/t16?,18?,20-,21-,22-,24-,25-/m0/s1. The fourth-order valence-electron chi connectivity index (χ4n) is 8.05. The monoisotopic (exact) mass is 401 g/mol. The number of esters is 1. The third-order valence-corrected chi connectivity index (χ3v) is 9.66. The predicted molar refractivity (Wildman–Crippen MR) is 114 cm³/mol. The van der Waals surface area contributed by atoms with E-state index in [4.69, 9.17) is 4.74 Å². The molecule has 0 aromatic carbocycles. The average Bonchev–Trinajstić information content (AvgIpc) is 3.09. The summed E-state index contributed by atoms with van der Waals surface area (Å²) in [4.78, 5) is 26.2. The molecular weight excluding hydrogens is 362 g/mol. The summed E-state index contributed by atoms with van der Waals surface area (Å²) in [6.45, 7) is 8.43. The molecule has 0 aromatic heterocycles. The van der Waals surface area contributed by atoms with Crippen LogP contribution in [0.1, 0.15) is 85.5 Å². The van der Waals surface area contributed by atoms with E-state index in [9.17, 15) is 9.59 Å². The van der Waals surface area contributed by atoms with Gasteiger partial charge in [-0.3, -0.25) is 4.79 Å². The molecule has 2 unspecified atom stereocenters. The van der Waals surface area contributed by atoms with Gasteiger partial charge in [-0.15, -0.1) is 0 Å². The molecule has 4 nitrogen and oxygen atoms in total. The van der Waals surface area contributed by atoms with Crippen LogP contribution < -0.4 is 0 Å². The number of methoxy groups -OCH3 is 1. The number of amides is 1. The van der Waals surface area contributed by atoms with Gasteiger partial charge in [-0.05, 0) is 92.8 Å². The molecular formula is C25H39NO3. The quantitative estimate of drug-likeness (QED) is 0.601. The number of fused-ring (bicyclic) bond motifs is 5. The summed E-state index contributed by atoms with van der Waals surface area (Å²) >= 11 is 0. The number of hydrogen-bond donors (Lipinski definition) is 0. The van der Waals surface area contributed by atoms with Gasteiger partial charge in [0.05, 0.1) is 7.11 Å². The van der Waals surface area contributed by atoms with Crippen LogP contribution in [0, 0.1) is 34.5 Å². The van der Waals surface area contributed by atoms with Crippen LogP contribution in [-0.4, -0.2) is 29.9 Å². The second kappa shape index (κ2) is 7.42. The molecule has 3 fully saturated rings. The molecule has 0 N–H and O–H groups in total. The van der Waals surface area contributed by atoms with E-state index in [-0.39, 0.29) is 11.9 Å². The Balaban J connectivity index is 1.58. The average molecular weight is 402 g/mol. The van der Waals surface area contributed by atoms with Crippen molar-refractivity contribution in [1.29, 1.82) is 0 Å². The van der Waals surface area contributed by atoms with Gasteiger partial charge in [-0.2, -0.15) is 0 Å². The lowest BCUT2D eigenvalue weighted by Gasteiger charge is -2.59. The molecule has 4 rings (SSSR count). The minimum Gasteiger partial charge on any atom is -0.467 e. The van der Waals surface area contributed by atoms with Crippen LogP contribution in [0.25, 0.3) is 0 Å². The van der Waals surface area contributed by atoms with E-state index in [2.05, 4.69) is 19.9 Å². The van der Waals surface area contributed by atoms with E-state index < -0.39 is 6.04 Å². The van der Waals surface area contributed by atoms with E-state index in [1.807, 2.05) is 0 Å². The van der Waals surface area contributed by atoms with Gasteiger partial charge in [0.1, 0.15) is 6.04 Å². The number of rotatable bonds is 3. The van der Waals surface area contributed by atoms with Crippen molar-refractivity contribution in [3.63, 3.8) is 0 Å². The Bertz CT molecular complexity index is 715. The fraction of sp³-hybridized carbons (Fsp3) is 0.840. The van der Waals surface area contributed by atoms with Crippen LogP contribution in [0.4, 0.5) is 0 Å². The first-order chi connectivity index (χ1) is 13.7. The summed E-state index contributed by atoms with van der Waals surface area (Å²) in [7, 11) is 1.39. The first-order valence-corrected chi connectivity index (χ1v) is 11.8. The fourth-order valence-corrected chi connectivity index (χ4v) is 8.05. The number of carbonyl (C=O) groups is 2. The summed E-state index contributed by atoms with van der Waals surface area (Å²) in [5.41, 5.74) is 1.98. The second-order valence-corrected chi connectivity index (χ2v) is 10.9. The first-order valence-electron chi connectivity index (χ1n) is 11.8. The summed E-state index contributed by atoms with van der Waals surface area (Å²) < 4.78 is 4.92. The predicted octanol–water partition coefficient (Wildman–Crippen LogP) is 5.32. The van der Waals surface area contributed by atoms with Crippen LogP contribution in [-0.2, 0) is 14.3 Å². The smallest absolute Gasteiger partial charge is 0.328 e. The molecule has 0 aliphatic heterocycles. The van der Waals surface area contributed by atoms with Gasteiger partial charge in [-0.25, -0.2) is 4.79 Å². The largest absolute Gasteiger partial charge is 0.467 e. The third kappa shape index (κ3) is 3.25. The Morgan fingerprint density at radius 3 is 2.59 bits per heavy atom. The number of nitrogens with zero attached hydrogens (tertiary/aromatic N) is 1.